The van der Waals surface area contributed by atoms with Gasteiger partial charge in [-0.25, -0.2) is 9.97 Å². The summed E-state index contributed by atoms with van der Waals surface area (Å²) in [6.45, 7) is 0. The Kier molecular flexibility index (Phi) is 8.40. The van der Waals surface area contributed by atoms with Crippen LogP contribution in [-0.2, 0) is 0 Å². The van der Waals surface area contributed by atoms with E-state index in [1.54, 1.807) is 0 Å². The molecular formula is C52H34N2S. The molecule has 3 heteroatoms. The zero-order valence-corrected chi connectivity index (χ0v) is 30.7. The number of hydrogen-bond donors (Lipinski definition) is 0. The average Bonchev–Trinajstić information content (AvgIpc) is 3.65. The smallest absolute Gasteiger partial charge is 0.160 e. The molecule has 0 saturated heterocycles. The maximum atomic E-state index is 5.20. The molecule has 0 fully saturated rings. The first-order valence-corrected chi connectivity index (χ1v) is 19.4. The molecule has 2 heterocycles. The highest BCUT2D eigenvalue weighted by molar-refractivity contribution is 7.26. The van der Waals surface area contributed by atoms with Crippen molar-refractivity contribution >= 4 is 31.5 Å². The second-order valence-electron chi connectivity index (χ2n) is 13.7. The maximum absolute atomic E-state index is 5.20. The molecular weight excluding hydrogens is 685 g/mol. The molecule has 0 N–H and O–H groups in total. The molecule has 2 aromatic heterocycles. The van der Waals surface area contributed by atoms with Crippen molar-refractivity contribution < 1.29 is 0 Å². The van der Waals surface area contributed by atoms with E-state index >= 15 is 0 Å². The lowest BCUT2D eigenvalue weighted by molar-refractivity contribution is 1.19. The van der Waals surface area contributed by atoms with Gasteiger partial charge in [-0.2, -0.15) is 0 Å². The van der Waals surface area contributed by atoms with E-state index < -0.39 is 0 Å². The van der Waals surface area contributed by atoms with Crippen LogP contribution >= 0.6 is 11.3 Å². The Morgan fingerprint density at radius 1 is 0.309 bits per heavy atom. The zero-order valence-electron chi connectivity index (χ0n) is 29.9. The summed E-state index contributed by atoms with van der Waals surface area (Å²) in [4.78, 5) is 10.2. The summed E-state index contributed by atoms with van der Waals surface area (Å²) >= 11 is 1.83. The highest BCUT2D eigenvalue weighted by atomic mass is 32.1. The zero-order chi connectivity index (χ0) is 36.6. The molecule has 8 aromatic carbocycles. The minimum Gasteiger partial charge on any atom is -0.228 e. The number of nitrogens with zero attached hydrogens (tertiary/aromatic N) is 2. The van der Waals surface area contributed by atoms with Crippen LogP contribution in [-0.4, -0.2) is 9.97 Å². The van der Waals surface area contributed by atoms with E-state index in [1.807, 2.05) is 35.6 Å². The number of aromatic nitrogens is 2. The lowest BCUT2D eigenvalue weighted by Gasteiger charge is -2.16. The topological polar surface area (TPSA) is 25.8 Å². The third-order valence-corrected chi connectivity index (χ3v) is 11.5. The van der Waals surface area contributed by atoms with Crippen LogP contribution in [0.5, 0.6) is 0 Å². The molecule has 10 aromatic rings. The second kappa shape index (κ2) is 14.1. The van der Waals surface area contributed by atoms with E-state index in [0.29, 0.717) is 0 Å². The van der Waals surface area contributed by atoms with E-state index in [0.717, 1.165) is 33.9 Å². The molecule has 0 aliphatic heterocycles. The van der Waals surface area contributed by atoms with Gasteiger partial charge in [-0.15, -0.1) is 11.3 Å². The summed E-state index contributed by atoms with van der Waals surface area (Å²) in [6.07, 6.45) is 0. The molecule has 0 atom stereocenters. The molecule has 0 saturated carbocycles. The van der Waals surface area contributed by atoms with Gasteiger partial charge in [-0.05, 0) is 68.8 Å². The molecule has 2 nitrogen and oxygen atoms in total. The van der Waals surface area contributed by atoms with Gasteiger partial charge >= 0.3 is 0 Å². The monoisotopic (exact) mass is 718 g/mol. The van der Waals surface area contributed by atoms with Crippen molar-refractivity contribution in [1.29, 1.82) is 0 Å². The number of benzene rings is 8. The molecule has 258 valence electrons. The van der Waals surface area contributed by atoms with Gasteiger partial charge in [0.05, 0.1) is 11.4 Å². The van der Waals surface area contributed by atoms with E-state index in [4.69, 9.17) is 9.97 Å². The summed E-state index contributed by atoms with van der Waals surface area (Å²) < 4.78 is 2.50. The van der Waals surface area contributed by atoms with Crippen molar-refractivity contribution in [2.24, 2.45) is 0 Å². The van der Waals surface area contributed by atoms with Crippen molar-refractivity contribution in [3.8, 4) is 78.4 Å². The standard InChI is InChI=1S/C52H34N2S/c1-5-15-36(16-6-1)42-23-13-24-43(50(42)39-19-9-3-10-20-39)37-29-27-35(28-30-37)41-31-32-48-45(33-41)51-44(25-14-26-49(51)55-48)47-34-46(38-17-7-2-8-18-38)53-52(54-47)40-21-11-4-12-22-40/h1-34H. The summed E-state index contributed by atoms with van der Waals surface area (Å²) in [5.41, 5.74) is 14.7. The van der Waals surface area contributed by atoms with Crippen LogP contribution in [0.1, 0.15) is 0 Å². The van der Waals surface area contributed by atoms with Gasteiger partial charge in [-0.1, -0.05) is 182 Å². The summed E-state index contributed by atoms with van der Waals surface area (Å²) in [7, 11) is 0. The van der Waals surface area contributed by atoms with Gasteiger partial charge in [0, 0.05) is 36.9 Å². The van der Waals surface area contributed by atoms with Gasteiger partial charge in [0.1, 0.15) is 0 Å². The maximum Gasteiger partial charge on any atom is 0.160 e. The Morgan fingerprint density at radius 3 is 1.49 bits per heavy atom. The number of hydrogen-bond acceptors (Lipinski definition) is 3. The molecule has 0 aliphatic carbocycles. The lowest BCUT2D eigenvalue weighted by atomic mass is 9.87. The summed E-state index contributed by atoms with van der Waals surface area (Å²) in [5, 5.41) is 2.46. The van der Waals surface area contributed by atoms with Crippen LogP contribution in [0.4, 0.5) is 0 Å². The Morgan fingerprint density at radius 2 is 0.818 bits per heavy atom. The first-order valence-electron chi connectivity index (χ1n) is 18.6. The number of rotatable bonds is 7. The predicted molar refractivity (Wildman–Crippen MR) is 233 cm³/mol. The highest BCUT2D eigenvalue weighted by Gasteiger charge is 2.17. The lowest BCUT2D eigenvalue weighted by Crippen LogP contribution is -1.96. The molecule has 55 heavy (non-hydrogen) atoms. The molecule has 10 rings (SSSR count). The Labute approximate surface area is 324 Å². The molecule has 0 unspecified atom stereocenters. The Balaban J connectivity index is 1.08. The fraction of sp³-hybridized carbons (Fsp3) is 0. The average molecular weight is 719 g/mol. The summed E-state index contributed by atoms with van der Waals surface area (Å²) in [5.74, 6) is 0.721. The normalized spacial score (nSPS) is 11.3. The van der Waals surface area contributed by atoms with Crippen molar-refractivity contribution in [2.45, 2.75) is 0 Å². The SMILES string of the molecule is c1ccc(-c2cc(-c3cccc4sc5ccc(-c6ccc(-c7cccc(-c8ccccc8)c7-c7ccccc7)cc6)cc5c34)nc(-c3ccccc3)n2)cc1. The third-order valence-electron chi connectivity index (χ3n) is 10.3. The molecule has 0 amide bonds. The van der Waals surface area contributed by atoms with Crippen LogP contribution in [0.3, 0.4) is 0 Å². The quantitative estimate of drug-likeness (QED) is 0.164. The van der Waals surface area contributed by atoms with Crippen molar-refractivity contribution in [3.63, 3.8) is 0 Å². The minimum absolute atomic E-state index is 0.721. The highest BCUT2D eigenvalue weighted by Crippen LogP contribution is 2.43. The number of thiophene rings is 1. The first kappa shape index (κ1) is 32.7. The van der Waals surface area contributed by atoms with E-state index in [1.165, 1.54) is 64.7 Å². The van der Waals surface area contributed by atoms with Crippen molar-refractivity contribution in [3.05, 3.63) is 206 Å². The second-order valence-corrected chi connectivity index (χ2v) is 14.8. The van der Waals surface area contributed by atoms with Crippen LogP contribution in [0.2, 0.25) is 0 Å². The van der Waals surface area contributed by atoms with Gasteiger partial charge in [-0.3, -0.25) is 0 Å². The molecule has 0 bridgehead atoms. The summed E-state index contributed by atoms with van der Waals surface area (Å²) in [6, 6.07) is 73.4. The van der Waals surface area contributed by atoms with Crippen LogP contribution in [0, 0.1) is 0 Å². The first-order chi connectivity index (χ1) is 27.3. The largest absolute Gasteiger partial charge is 0.228 e. The van der Waals surface area contributed by atoms with Crippen LogP contribution < -0.4 is 0 Å². The van der Waals surface area contributed by atoms with Crippen molar-refractivity contribution in [2.75, 3.05) is 0 Å². The van der Waals surface area contributed by atoms with Gasteiger partial charge in [0.15, 0.2) is 5.82 Å². The number of fused-ring (bicyclic) bond motifs is 3. The molecule has 0 spiro atoms. The van der Waals surface area contributed by atoms with Crippen molar-refractivity contribution in [1.82, 2.24) is 9.97 Å². The predicted octanol–water partition coefficient (Wildman–Crippen LogP) is 14.5. The van der Waals surface area contributed by atoms with E-state index in [9.17, 15) is 0 Å². The van der Waals surface area contributed by atoms with Gasteiger partial charge in [0.25, 0.3) is 0 Å². The van der Waals surface area contributed by atoms with E-state index in [-0.39, 0.29) is 0 Å². The fourth-order valence-electron chi connectivity index (χ4n) is 7.69. The van der Waals surface area contributed by atoms with Crippen LogP contribution in [0.25, 0.3) is 98.6 Å². The fourth-order valence-corrected chi connectivity index (χ4v) is 8.80. The van der Waals surface area contributed by atoms with Gasteiger partial charge in [0.2, 0.25) is 0 Å². The molecule has 0 aliphatic rings. The third kappa shape index (κ3) is 6.21. The Hall–Kier alpha value is -6.94. The minimum atomic E-state index is 0.721. The van der Waals surface area contributed by atoms with Crippen LogP contribution in [0.15, 0.2) is 206 Å². The Bertz CT molecular complexity index is 2880. The van der Waals surface area contributed by atoms with E-state index in [2.05, 4.69) is 182 Å². The van der Waals surface area contributed by atoms with Gasteiger partial charge < -0.3 is 0 Å². The molecule has 0 radical (unpaired) electrons.